The fourth-order valence-electron chi connectivity index (χ4n) is 8.58. The lowest BCUT2D eigenvalue weighted by molar-refractivity contribution is -0.295. The Hall–Kier alpha value is -2.37. The van der Waals surface area contributed by atoms with Crippen LogP contribution in [-0.2, 0) is 42.9 Å². The van der Waals surface area contributed by atoms with Gasteiger partial charge in [-0.25, -0.2) is 9.59 Å². The Balaban J connectivity index is 1.71. The van der Waals surface area contributed by atoms with Gasteiger partial charge in [-0.15, -0.1) is 0 Å². The summed E-state index contributed by atoms with van der Waals surface area (Å²) in [6, 6.07) is 0. The van der Waals surface area contributed by atoms with Gasteiger partial charge in [0.05, 0.1) is 25.7 Å². The first-order chi connectivity index (χ1) is 17.3. The quantitative estimate of drug-likeness (QED) is 0.290. The van der Waals surface area contributed by atoms with Crippen molar-refractivity contribution in [1.29, 1.82) is 0 Å². The Morgan fingerprint density at radius 3 is 2.46 bits per heavy atom. The van der Waals surface area contributed by atoms with Crippen molar-refractivity contribution in [2.45, 2.75) is 77.0 Å². The molecule has 0 aromatic heterocycles. The molecule has 1 unspecified atom stereocenters. The summed E-state index contributed by atoms with van der Waals surface area (Å²) in [6.07, 6.45) is -5.94. The SMILES string of the molecule is COC(=O)[C@@]12OC[C@]34[C@H]([C@@H](O)[C@@H]1O)[C@@]1(C)CC(=O)C(=O)C(C)[C@@H]1C[C@H]3OC(=O)[C@H](OC(=O)CC(C)C)[C@@H]24. The number of rotatable bonds is 4. The number of aliphatic hydroxyl groups excluding tert-OH is 2. The molecule has 11 nitrogen and oxygen atoms in total. The molecule has 5 rings (SSSR count). The van der Waals surface area contributed by atoms with E-state index in [1.165, 1.54) is 0 Å². The fraction of sp³-hybridized carbons (Fsp3) is 0.808. The molecule has 0 aromatic rings. The molecule has 204 valence electrons. The Kier molecular flexibility index (Phi) is 5.90. The van der Waals surface area contributed by atoms with Crippen LogP contribution in [0.15, 0.2) is 0 Å². The van der Waals surface area contributed by atoms with Gasteiger partial charge in [0.15, 0.2) is 5.78 Å². The molecule has 0 radical (unpaired) electrons. The molecule has 5 aliphatic rings. The van der Waals surface area contributed by atoms with Crippen molar-refractivity contribution in [3.05, 3.63) is 0 Å². The van der Waals surface area contributed by atoms with Gasteiger partial charge in [0, 0.05) is 30.1 Å². The van der Waals surface area contributed by atoms with E-state index in [9.17, 15) is 34.2 Å². The second kappa shape index (κ2) is 8.31. The molecule has 5 fully saturated rings. The summed E-state index contributed by atoms with van der Waals surface area (Å²) in [6.45, 7) is 6.84. The van der Waals surface area contributed by atoms with E-state index in [4.69, 9.17) is 18.9 Å². The highest BCUT2D eigenvalue weighted by Crippen LogP contribution is 2.72. The first-order valence-corrected chi connectivity index (χ1v) is 12.8. The third kappa shape index (κ3) is 3.13. The molecule has 37 heavy (non-hydrogen) atoms. The first-order valence-electron chi connectivity index (χ1n) is 12.8. The van der Waals surface area contributed by atoms with E-state index in [0.29, 0.717) is 0 Å². The second-order valence-electron chi connectivity index (χ2n) is 12.1. The van der Waals surface area contributed by atoms with E-state index in [1.807, 2.05) is 0 Å². The number of Topliss-reactive ketones (excluding diaryl/α,β-unsaturated/α-hetero) is 2. The predicted octanol–water partition coefficient (Wildman–Crippen LogP) is -0.0299. The molecule has 3 saturated carbocycles. The topological polar surface area (TPSA) is 163 Å². The number of hydrogen-bond acceptors (Lipinski definition) is 11. The van der Waals surface area contributed by atoms with Crippen LogP contribution in [0.3, 0.4) is 0 Å². The van der Waals surface area contributed by atoms with Crippen molar-refractivity contribution < 1.29 is 53.1 Å². The van der Waals surface area contributed by atoms with Crippen molar-refractivity contribution in [3.8, 4) is 0 Å². The number of carbonyl (C=O) groups is 5. The minimum absolute atomic E-state index is 0.00152. The molecule has 0 amide bonds. The van der Waals surface area contributed by atoms with E-state index in [-0.39, 0.29) is 31.8 Å². The second-order valence-corrected chi connectivity index (χ2v) is 12.1. The molecular weight excluding hydrogens is 488 g/mol. The van der Waals surface area contributed by atoms with Gasteiger partial charge in [-0.3, -0.25) is 14.4 Å². The van der Waals surface area contributed by atoms with Gasteiger partial charge >= 0.3 is 17.9 Å². The van der Waals surface area contributed by atoms with E-state index in [1.54, 1.807) is 27.7 Å². The van der Waals surface area contributed by atoms with Crippen LogP contribution in [0.2, 0.25) is 0 Å². The molecule has 2 saturated heterocycles. The molecule has 2 N–H and O–H groups in total. The van der Waals surface area contributed by atoms with Gasteiger partial charge in [0.1, 0.15) is 12.2 Å². The van der Waals surface area contributed by atoms with Crippen molar-refractivity contribution in [2.24, 2.45) is 40.4 Å². The number of ketones is 2. The number of hydrogen-bond donors (Lipinski definition) is 2. The molecule has 1 spiro atoms. The summed E-state index contributed by atoms with van der Waals surface area (Å²) < 4.78 is 22.6. The fourth-order valence-corrected chi connectivity index (χ4v) is 8.58. The predicted molar refractivity (Wildman–Crippen MR) is 121 cm³/mol. The Morgan fingerprint density at radius 2 is 1.84 bits per heavy atom. The van der Waals surface area contributed by atoms with Crippen LogP contribution >= 0.6 is 0 Å². The maximum Gasteiger partial charge on any atom is 0.348 e. The van der Waals surface area contributed by atoms with Crippen molar-refractivity contribution in [3.63, 3.8) is 0 Å². The Labute approximate surface area is 214 Å². The Bertz CT molecular complexity index is 1070. The van der Waals surface area contributed by atoms with Crippen LogP contribution in [-0.4, -0.2) is 83.4 Å². The molecule has 11 atom stereocenters. The van der Waals surface area contributed by atoms with Crippen LogP contribution in [0.4, 0.5) is 0 Å². The number of ether oxygens (including phenoxy) is 4. The molecule has 0 aromatic carbocycles. The van der Waals surface area contributed by atoms with Crippen LogP contribution in [0.25, 0.3) is 0 Å². The van der Waals surface area contributed by atoms with E-state index in [0.717, 1.165) is 7.11 Å². The van der Waals surface area contributed by atoms with Gasteiger partial charge < -0.3 is 29.2 Å². The number of esters is 3. The molecule has 2 aliphatic heterocycles. The van der Waals surface area contributed by atoms with Gasteiger partial charge in [-0.2, -0.15) is 0 Å². The van der Waals surface area contributed by atoms with Crippen LogP contribution in [0.5, 0.6) is 0 Å². The van der Waals surface area contributed by atoms with Crippen molar-refractivity contribution in [2.75, 3.05) is 13.7 Å². The molecule has 3 aliphatic carbocycles. The summed E-state index contributed by atoms with van der Waals surface area (Å²) in [5, 5.41) is 23.1. The normalized spacial score (nSPS) is 48.2. The minimum Gasteiger partial charge on any atom is -0.467 e. The smallest absolute Gasteiger partial charge is 0.348 e. The van der Waals surface area contributed by atoms with Crippen LogP contribution in [0.1, 0.15) is 47.0 Å². The lowest BCUT2D eigenvalue weighted by Gasteiger charge is -2.67. The van der Waals surface area contributed by atoms with Crippen LogP contribution in [0, 0.1) is 40.4 Å². The van der Waals surface area contributed by atoms with E-state index in [2.05, 4.69) is 0 Å². The highest BCUT2D eigenvalue weighted by Gasteiger charge is 2.85. The van der Waals surface area contributed by atoms with Crippen molar-refractivity contribution in [1.82, 2.24) is 0 Å². The molecular formula is C26H34O11. The zero-order valence-corrected chi connectivity index (χ0v) is 21.6. The van der Waals surface area contributed by atoms with Crippen molar-refractivity contribution >= 4 is 29.5 Å². The number of carbonyl (C=O) groups excluding carboxylic acids is 5. The summed E-state index contributed by atoms with van der Waals surface area (Å²) in [5.74, 6) is -7.04. The average Bonchev–Trinajstić information content (AvgIpc) is 3.12. The molecule has 2 heterocycles. The van der Waals surface area contributed by atoms with Gasteiger partial charge in [-0.05, 0) is 23.7 Å². The standard InChI is InChI=1S/C26H34O11/c1-10(2)6-15(28)37-18-20-25-9-35-26(20,23(33)34-5)21(31)17(30)19(25)24(4)8-13(27)16(29)11(3)12(24)7-14(25)36-22(18)32/h10-12,14,17-21,30-31H,6-9H2,1-5H3/t11?,12-,14+,17+,18+,19+,20+,21-,24-,25+,26-/m0/s1. The maximum absolute atomic E-state index is 13.4. The van der Waals surface area contributed by atoms with Gasteiger partial charge in [-0.1, -0.05) is 27.7 Å². The first kappa shape index (κ1) is 26.2. The summed E-state index contributed by atoms with van der Waals surface area (Å²) in [4.78, 5) is 64.9. The highest BCUT2D eigenvalue weighted by atomic mass is 16.6. The largest absolute Gasteiger partial charge is 0.467 e. The number of fused-ring (bicyclic) bond motifs is 2. The summed E-state index contributed by atoms with van der Waals surface area (Å²) in [7, 11) is 1.10. The van der Waals surface area contributed by atoms with Gasteiger partial charge in [0.2, 0.25) is 17.5 Å². The number of methoxy groups -OCH3 is 1. The monoisotopic (exact) mass is 522 g/mol. The van der Waals surface area contributed by atoms with E-state index < -0.39 is 94.0 Å². The lowest BCUT2D eigenvalue weighted by atomic mass is 9.37. The number of aliphatic hydroxyl groups is 2. The zero-order chi connectivity index (χ0) is 27.2. The van der Waals surface area contributed by atoms with Crippen LogP contribution < -0.4 is 0 Å². The summed E-state index contributed by atoms with van der Waals surface area (Å²) in [5.41, 5.74) is -4.48. The summed E-state index contributed by atoms with van der Waals surface area (Å²) >= 11 is 0. The molecule has 2 bridgehead atoms. The third-order valence-electron chi connectivity index (χ3n) is 9.88. The van der Waals surface area contributed by atoms with Gasteiger partial charge in [0.25, 0.3) is 0 Å². The average molecular weight is 523 g/mol. The lowest BCUT2D eigenvalue weighted by Crippen LogP contribution is -2.79. The Morgan fingerprint density at radius 1 is 1.16 bits per heavy atom. The zero-order valence-electron chi connectivity index (χ0n) is 21.6. The molecule has 11 heteroatoms. The minimum atomic E-state index is -2.20. The van der Waals surface area contributed by atoms with E-state index >= 15 is 0 Å². The highest BCUT2D eigenvalue weighted by molar-refractivity contribution is 6.38. The third-order valence-corrected chi connectivity index (χ3v) is 9.88. The maximum atomic E-state index is 13.4.